The summed E-state index contributed by atoms with van der Waals surface area (Å²) in [5.41, 5.74) is 3.91. The number of carbonyl (C=O) groups excluding carboxylic acids is 2. The molecule has 126 valence electrons. The number of nitrogens with one attached hydrogen (secondary N) is 1. The van der Waals surface area contributed by atoms with Crippen molar-refractivity contribution in [2.45, 2.75) is 24.8 Å². The molecule has 0 bridgehead atoms. The third kappa shape index (κ3) is 3.11. The molecule has 0 fully saturated rings. The van der Waals surface area contributed by atoms with E-state index in [1.54, 1.807) is 0 Å². The van der Waals surface area contributed by atoms with Crippen LogP contribution in [-0.2, 0) is 14.3 Å². The Morgan fingerprint density at radius 2 is 1.68 bits per heavy atom. The maximum absolute atomic E-state index is 13.0. The topological polar surface area (TPSA) is 79.2 Å². The molecule has 0 spiro atoms. The van der Waals surface area contributed by atoms with E-state index in [-0.39, 0.29) is 18.7 Å². The first-order valence-corrected chi connectivity index (χ1v) is 8.10. The van der Waals surface area contributed by atoms with Gasteiger partial charge >= 0.3 is 5.97 Å². The van der Waals surface area contributed by atoms with E-state index in [0.29, 0.717) is 0 Å². The number of nitriles is 1. The number of nitrogens with zero attached hydrogens (tertiary/aromatic N) is 1. The molecule has 0 aromatic heterocycles. The first kappa shape index (κ1) is 16.7. The van der Waals surface area contributed by atoms with Crippen LogP contribution in [0.15, 0.2) is 48.5 Å². The number of rotatable bonds is 5. The summed E-state index contributed by atoms with van der Waals surface area (Å²) in [5, 5.41) is 11.5. The largest absolute Gasteiger partial charge is 0.467 e. The number of carbonyl (C=O) groups is 2. The molecule has 2 aromatic rings. The molecule has 0 radical (unpaired) electrons. The molecular formula is C20H18N2O3. The molecular weight excluding hydrogens is 316 g/mol. The highest BCUT2D eigenvalue weighted by Crippen LogP contribution is 2.44. The lowest BCUT2D eigenvalue weighted by atomic mass is 9.95. The number of esters is 1. The highest BCUT2D eigenvalue weighted by Gasteiger charge is 2.35. The van der Waals surface area contributed by atoms with Gasteiger partial charge in [-0.1, -0.05) is 48.5 Å². The van der Waals surface area contributed by atoms with Gasteiger partial charge in [0.25, 0.3) is 0 Å². The van der Waals surface area contributed by atoms with E-state index in [1.807, 2.05) is 54.6 Å². The van der Waals surface area contributed by atoms with Crippen molar-refractivity contribution in [3.8, 4) is 17.2 Å². The maximum Gasteiger partial charge on any atom is 0.328 e. The van der Waals surface area contributed by atoms with E-state index in [4.69, 9.17) is 10.00 Å². The molecule has 5 heteroatoms. The molecule has 1 aliphatic rings. The van der Waals surface area contributed by atoms with Crippen molar-refractivity contribution >= 4 is 11.9 Å². The molecule has 25 heavy (non-hydrogen) atoms. The summed E-state index contributed by atoms with van der Waals surface area (Å²) in [4.78, 5) is 24.9. The number of fused-ring (bicyclic) bond motifs is 3. The molecule has 1 aliphatic carbocycles. The fraction of sp³-hybridized carbons (Fsp3) is 0.250. The van der Waals surface area contributed by atoms with Crippen molar-refractivity contribution in [1.82, 2.24) is 5.32 Å². The summed E-state index contributed by atoms with van der Waals surface area (Å²) in [7, 11) is 1.27. The average Bonchev–Trinajstić information content (AvgIpc) is 2.99. The van der Waals surface area contributed by atoms with Crippen LogP contribution in [0.1, 0.15) is 29.9 Å². The molecule has 1 N–H and O–H groups in total. The molecule has 2 aromatic carbocycles. The molecule has 1 amide bonds. The van der Waals surface area contributed by atoms with E-state index in [0.717, 1.165) is 22.3 Å². The number of amides is 1. The Labute approximate surface area is 146 Å². The summed E-state index contributed by atoms with van der Waals surface area (Å²) in [5.74, 6) is -1.27. The van der Waals surface area contributed by atoms with Crippen LogP contribution < -0.4 is 5.32 Å². The SMILES string of the molecule is COC(=O)[C@@H](CCC#N)NC(=O)C1c2ccccc2-c2ccccc21. The van der Waals surface area contributed by atoms with Gasteiger partial charge in [-0.05, 0) is 28.7 Å². The molecule has 0 unspecified atom stereocenters. The van der Waals surface area contributed by atoms with E-state index < -0.39 is 17.9 Å². The fourth-order valence-corrected chi connectivity index (χ4v) is 3.29. The second-order valence-corrected chi connectivity index (χ2v) is 5.89. The quantitative estimate of drug-likeness (QED) is 0.853. The first-order valence-electron chi connectivity index (χ1n) is 8.10. The predicted octanol–water partition coefficient (Wildman–Crippen LogP) is 2.76. The standard InChI is InChI=1S/C20H18N2O3/c1-25-20(24)17(11-6-12-21)22-19(23)18-15-9-4-2-7-13(15)14-8-3-5-10-16(14)18/h2-5,7-10,17-18H,6,11H2,1H3,(H,22,23)/t17-/m1/s1. The van der Waals surface area contributed by atoms with E-state index in [9.17, 15) is 9.59 Å². The van der Waals surface area contributed by atoms with Crippen molar-refractivity contribution in [1.29, 1.82) is 5.26 Å². The van der Waals surface area contributed by atoms with Gasteiger partial charge in [0.2, 0.25) is 5.91 Å². The number of hydrogen-bond donors (Lipinski definition) is 1. The van der Waals surface area contributed by atoms with Gasteiger partial charge in [-0.3, -0.25) is 4.79 Å². The fourth-order valence-electron chi connectivity index (χ4n) is 3.29. The van der Waals surface area contributed by atoms with Crippen LogP contribution in [0.5, 0.6) is 0 Å². The average molecular weight is 334 g/mol. The van der Waals surface area contributed by atoms with Crippen molar-refractivity contribution in [3.05, 3.63) is 59.7 Å². The van der Waals surface area contributed by atoms with Crippen molar-refractivity contribution in [3.63, 3.8) is 0 Å². The van der Waals surface area contributed by atoms with Gasteiger partial charge in [0.1, 0.15) is 6.04 Å². The zero-order chi connectivity index (χ0) is 17.8. The Morgan fingerprint density at radius 1 is 1.12 bits per heavy atom. The van der Waals surface area contributed by atoms with Gasteiger partial charge in [0.05, 0.1) is 19.1 Å². The van der Waals surface area contributed by atoms with Crippen molar-refractivity contribution in [2.75, 3.05) is 7.11 Å². The van der Waals surface area contributed by atoms with Crippen LogP contribution in [0.2, 0.25) is 0 Å². The van der Waals surface area contributed by atoms with Gasteiger partial charge in [-0.25, -0.2) is 4.79 Å². The van der Waals surface area contributed by atoms with Crippen molar-refractivity contribution in [2.24, 2.45) is 0 Å². The van der Waals surface area contributed by atoms with E-state index >= 15 is 0 Å². The third-order valence-corrected chi connectivity index (χ3v) is 4.44. The smallest absolute Gasteiger partial charge is 0.328 e. The van der Waals surface area contributed by atoms with Gasteiger partial charge in [-0.2, -0.15) is 5.26 Å². The molecule has 3 rings (SSSR count). The lowest BCUT2D eigenvalue weighted by molar-refractivity contribution is -0.145. The van der Waals surface area contributed by atoms with Crippen LogP contribution in [0.25, 0.3) is 11.1 Å². The van der Waals surface area contributed by atoms with Crippen molar-refractivity contribution < 1.29 is 14.3 Å². The summed E-state index contributed by atoms with van der Waals surface area (Å²) < 4.78 is 4.75. The zero-order valence-corrected chi connectivity index (χ0v) is 13.9. The Kier molecular flexibility index (Phi) is 4.80. The van der Waals surface area contributed by atoms with Gasteiger partial charge < -0.3 is 10.1 Å². The van der Waals surface area contributed by atoms with Crippen LogP contribution >= 0.6 is 0 Å². The van der Waals surface area contributed by atoms with Crippen LogP contribution in [-0.4, -0.2) is 25.0 Å². The molecule has 0 heterocycles. The van der Waals surface area contributed by atoms with Crippen LogP contribution in [0, 0.1) is 11.3 Å². The van der Waals surface area contributed by atoms with E-state index in [2.05, 4.69) is 5.32 Å². The zero-order valence-electron chi connectivity index (χ0n) is 13.9. The molecule has 5 nitrogen and oxygen atoms in total. The summed E-state index contributed by atoms with van der Waals surface area (Å²) in [6.45, 7) is 0. The lowest BCUT2D eigenvalue weighted by Crippen LogP contribution is -2.43. The van der Waals surface area contributed by atoms with Gasteiger partial charge in [0, 0.05) is 6.42 Å². The lowest BCUT2D eigenvalue weighted by Gasteiger charge is -2.19. The van der Waals surface area contributed by atoms with Crippen LogP contribution in [0.3, 0.4) is 0 Å². The molecule has 0 aliphatic heterocycles. The number of hydrogen-bond acceptors (Lipinski definition) is 4. The summed E-state index contributed by atoms with van der Waals surface area (Å²) in [6.07, 6.45) is 0.392. The molecule has 0 saturated carbocycles. The Morgan fingerprint density at radius 3 is 2.20 bits per heavy atom. The second-order valence-electron chi connectivity index (χ2n) is 5.89. The Balaban J connectivity index is 1.91. The minimum atomic E-state index is -0.822. The Hall–Kier alpha value is -3.13. The van der Waals surface area contributed by atoms with Gasteiger partial charge in [0.15, 0.2) is 0 Å². The van der Waals surface area contributed by atoms with E-state index in [1.165, 1.54) is 7.11 Å². The minimum Gasteiger partial charge on any atom is -0.467 e. The number of benzene rings is 2. The predicted molar refractivity (Wildman–Crippen MR) is 92.5 cm³/mol. The monoisotopic (exact) mass is 334 g/mol. The number of methoxy groups -OCH3 is 1. The maximum atomic E-state index is 13.0. The minimum absolute atomic E-state index is 0.165. The molecule has 0 saturated heterocycles. The normalized spacial score (nSPS) is 13.3. The number of ether oxygens (including phenoxy) is 1. The third-order valence-electron chi connectivity index (χ3n) is 4.44. The van der Waals surface area contributed by atoms with Gasteiger partial charge in [-0.15, -0.1) is 0 Å². The summed E-state index contributed by atoms with van der Waals surface area (Å²) in [6, 6.07) is 16.7. The van der Waals surface area contributed by atoms with Crippen LogP contribution in [0.4, 0.5) is 0 Å². The first-order chi connectivity index (χ1) is 12.2. The molecule has 1 atom stereocenters. The Bertz CT molecular complexity index is 809. The summed E-state index contributed by atoms with van der Waals surface area (Å²) >= 11 is 0. The highest BCUT2D eigenvalue weighted by atomic mass is 16.5. The second kappa shape index (κ2) is 7.18. The highest BCUT2D eigenvalue weighted by molar-refractivity contribution is 5.97.